The van der Waals surface area contributed by atoms with E-state index in [1.807, 2.05) is 12.1 Å². The Labute approximate surface area is 98.1 Å². The Morgan fingerprint density at radius 1 is 1.29 bits per heavy atom. The van der Waals surface area contributed by atoms with Gasteiger partial charge in [-0.15, -0.1) is 0 Å². The summed E-state index contributed by atoms with van der Waals surface area (Å²) in [6.07, 6.45) is 0. The molecule has 1 aromatic heterocycles. The minimum atomic E-state index is 0.267. The van der Waals surface area contributed by atoms with E-state index in [4.69, 9.17) is 15.2 Å². The van der Waals surface area contributed by atoms with E-state index in [9.17, 15) is 0 Å². The second kappa shape index (κ2) is 4.69. The lowest BCUT2D eigenvalue weighted by atomic mass is 10.2. The van der Waals surface area contributed by atoms with E-state index < -0.39 is 0 Å². The van der Waals surface area contributed by atoms with Crippen LogP contribution in [0.15, 0.2) is 18.2 Å². The molecule has 0 aliphatic heterocycles. The standard InChI is InChI=1S/C10H13N5O2/c1-16-8-4-3-7(9(5-8)17-2)6-15-10(11)12-13-14-15/h3-5H,6H2,1-2H3,(H2,11,12,14). The fraction of sp³-hybridized carbons (Fsp3) is 0.300. The van der Waals surface area contributed by atoms with Crippen LogP contribution in [0.2, 0.25) is 0 Å². The molecule has 17 heavy (non-hydrogen) atoms. The number of benzene rings is 1. The number of nitrogens with zero attached hydrogens (tertiary/aromatic N) is 4. The first-order valence-corrected chi connectivity index (χ1v) is 4.97. The lowest BCUT2D eigenvalue weighted by Crippen LogP contribution is -2.07. The summed E-state index contributed by atoms with van der Waals surface area (Å²) in [5.74, 6) is 1.71. The third kappa shape index (κ3) is 2.27. The van der Waals surface area contributed by atoms with Crippen molar-refractivity contribution >= 4 is 5.95 Å². The van der Waals surface area contributed by atoms with Crippen molar-refractivity contribution in [2.24, 2.45) is 0 Å². The van der Waals surface area contributed by atoms with Crippen molar-refractivity contribution in [2.75, 3.05) is 20.0 Å². The molecule has 0 fully saturated rings. The summed E-state index contributed by atoms with van der Waals surface area (Å²) in [6, 6.07) is 5.53. The Bertz CT molecular complexity index is 511. The number of aromatic nitrogens is 4. The number of hydrogen-bond donors (Lipinski definition) is 1. The van der Waals surface area contributed by atoms with Gasteiger partial charge in [0.05, 0.1) is 20.8 Å². The van der Waals surface area contributed by atoms with E-state index in [1.54, 1.807) is 20.3 Å². The molecule has 7 heteroatoms. The first-order chi connectivity index (χ1) is 8.24. The van der Waals surface area contributed by atoms with Crippen LogP contribution < -0.4 is 15.2 Å². The Hall–Kier alpha value is -2.31. The van der Waals surface area contributed by atoms with Crippen LogP contribution in [0.5, 0.6) is 11.5 Å². The SMILES string of the molecule is COc1ccc(Cn2nnnc2N)c(OC)c1. The lowest BCUT2D eigenvalue weighted by Gasteiger charge is -2.10. The van der Waals surface area contributed by atoms with E-state index in [1.165, 1.54) is 4.68 Å². The molecule has 0 atom stereocenters. The molecule has 0 spiro atoms. The van der Waals surface area contributed by atoms with Gasteiger partial charge in [0, 0.05) is 11.6 Å². The zero-order valence-corrected chi connectivity index (χ0v) is 9.62. The van der Waals surface area contributed by atoms with E-state index in [0.29, 0.717) is 12.3 Å². The van der Waals surface area contributed by atoms with Crippen LogP contribution in [-0.2, 0) is 6.54 Å². The van der Waals surface area contributed by atoms with Crippen molar-refractivity contribution < 1.29 is 9.47 Å². The maximum atomic E-state index is 5.60. The maximum Gasteiger partial charge on any atom is 0.240 e. The van der Waals surface area contributed by atoms with E-state index >= 15 is 0 Å². The second-order valence-electron chi connectivity index (χ2n) is 3.37. The van der Waals surface area contributed by atoms with Gasteiger partial charge in [-0.3, -0.25) is 0 Å². The molecule has 1 heterocycles. The predicted octanol–water partition coefficient (Wildman–Crippen LogP) is 0.321. The summed E-state index contributed by atoms with van der Waals surface area (Å²) < 4.78 is 11.9. The summed E-state index contributed by atoms with van der Waals surface area (Å²) in [5, 5.41) is 10.9. The number of methoxy groups -OCH3 is 2. The quantitative estimate of drug-likeness (QED) is 0.821. The second-order valence-corrected chi connectivity index (χ2v) is 3.37. The molecule has 0 bridgehead atoms. The fourth-order valence-electron chi connectivity index (χ4n) is 1.47. The number of rotatable bonds is 4. The maximum absolute atomic E-state index is 5.60. The predicted molar refractivity (Wildman–Crippen MR) is 60.9 cm³/mol. The highest BCUT2D eigenvalue weighted by Crippen LogP contribution is 2.25. The Morgan fingerprint density at radius 3 is 2.71 bits per heavy atom. The first kappa shape index (κ1) is 11.2. The molecule has 2 aromatic rings. The van der Waals surface area contributed by atoms with Crippen LogP contribution in [0.3, 0.4) is 0 Å². The van der Waals surface area contributed by atoms with Gasteiger partial charge >= 0.3 is 0 Å². The number of hydrogen-bond acceptors (Lipinski definition) is 6. The van der Waals surface area contributed by atoms with Crippen LogP contribution in [0.25, 0.3) is 0 Å². The van der Waals surface area contributed by atoms with Crippen molar-refractivity contribution in [3.63, 3.8) is 0 Å². The van der Waals surface area contributed by atoms with Gasteiger partial charge in [-0.2, -0.15) is 0 Å². The molecular formula is C10H13N5O2. The average Bonchev–Trinajstić information content (AvgIpc) is 2.75. The topological polar surface area (TPSA) is 88.1 Å². The summed E-state index contributed by atoms with van der Waals surface area (Å²) in [6.45, 7) is 0.450. The van der Waals surface area contributed by atoms with Gasteiger partial charge in [0.2, 0.25) is 5.95 Å². The minimum absolute atomic E-state index is 0.267. The molecular weight excluding hydrogens is 222 g/mol. The highest BCUT2D eigenvalue weighted by molar-refractivity contribution is 5.41. The van der Waals surface area contributed by atoms with Crippen LogP contribution >= 0.6 is 0 Å². The molecule has 0 unspecified atom stereocenters. The Kier molecular flexibility index (Phi) is 3.08. The molecule has 0 amide bonds. The molecule has 2 rings (SSSR count). The van der Waals surface area contributed by atoms with Crippen LogP contribution in [0.4, 0.5) is 5.95 Å². The highest BCUT2D eigenvalue weighted by Gasteiger charge is 2.08. The van der Waals surface area contributed by atoms with Crippen molar-refractivity contribution in [3.8, 4) is 11.5 Å². The van der Waals surface area contributed by atoms with E-state index in [2.05, 4.69) is 15.5 Å². The van der Waals surface area contributed by atoms with Gasteiger partial charge in [-0.25, -0.2) is 4.68 Å². The number of nitrogens with two attached hydrogens (primary N) is 1. The number of nitrogen functional groups attached to an aromatic ring is 1. The van der Waals surface area contributed by atoms with E-state index in [-0.39, 0.29) is 5.95 Å². The van der Waals surface area contributed by atoms with Crippen molar-refractivity contribution in [3.05, 3.63) is 23.8 Å². The highest BCUT2D eigenvalue weighted by atomic mass is 16.5. The molecule has 0 saturated carbocycles. The monoisotopic (exact) mass is 235 g/mol. The zero-order valence-electron chi connectivity index (χ0n) is 9.62. The lowest BCUT2D eigenvalue weighted by molar-refractivity contribution is 0.389. The first-order valence-electron chi connectivity index (χ1n) is 4.97. The van der Waals surface area contributed by atoms with Crippen LogP contribution in [-0.4, -0.2) is 34.4 Å². The Morgan fingerprint density at radius 2 is 2.12 bits per heavy atom. The summed E-state index contributed by atoms with van der Waals surface area (Å²) in [4.78, 5) is 0. The zero-order chi connectivity index (χ0) is 12.3. The normalized spacial score (nSPS) is 10.2. The smallest absolute Gasteiger partial charge is 0.240 e. The number of ether oxygens (including phenoxy) is 2. The van der Waals surface area contributed by atoms with Crippen molar-refractivity contribution in [1.29, 1.82) is 0 Å². The third-order valence-corrected chi connectivity index (χ3v) is 2.37. The molecule has 2 N–H and O–H groups in total. The molecule has 0 aliphatic rings. The molecule has 0 aliphatic carbocycles. The van der Waals surface area contributed by atoms with Crippen molar-refractivity contribution in [1.82, 2.24) is 20.2 Å². The largest absolute Gasteiger partial charge is 0.497 e. The van der Waals surface area contributed by atoms with Gasteiger partial charge in [-0.1, -0.05) is 5.10 Å². The molecule has 7 nitrogen and oxygen atoms in total. The number of anilines is 1. The summed E-state index contributed by atoms with van der Waals surface area (Å²) >= 11 is 0. The van der Waals surface area contributed by atoms with E-state index in [0.717, 1.165) is 11.3 Å². The molecule has 1 aromatic carbocycles. The molecule has 0 radical (unpaired) electrons. The fourth-order valence-corrected chi connectivity index (χ4v) is 1.47. The number of tetrazole rings is 1. The van der Waals surface area contributed by atoms with Crippen molar-refractivity contribution in [2.45, 2.75) is 6.54 Å². The Balaban J connectivity index is 2.29. The molecule has 0 saturated heterocycles. The van der Waals surface area contributed by atoms with Crippen LogP contribution in [0, 0.1) is 0 Å². The minimum Gasteiger partial charge on any atom is -0.497 e. The van der Waals surface area contributed by atoms with Gasteiger partial charge in [-0.05, 0) is 22.6 Å². The van der Waals surface area contributed by atoms with Crippen LogP contribution in [0.1, 0.15) is 5.56 Å². The van der Waals surface area contributed by atoms with Gasteiger partial charge in [0.25, 0.3) is 0 Å². The third-order valence-electron chi connectivity index (χ3n) is 2.37. The van der Waals surface area contributed by atoms with Gasteiger partial charge in [0.15, 0.2) is 0 Å². The summed E-state index contributed by atoms with van der Waals surface area (Å²) in [5.41, 5.74) is 6.52. The molecule has 90 valence electrons. The average molecular weight is 235 g/mol. The summed E-state index contributed by atoms with van der Waals surface area (Å²) in [7, 11) is 3.20. The van der Waals surface area contributed by atoms with Gasteiger partial charge < -0.3 is 15.2 Å². The van der Waals surface area contributed by atoms with Gasteiger partial charge in [0.1, 0.15) is 11.5 Å².